The van der Waals surface area contributed by atoms with Crippen LogP contribution in [-0.2, 0) is 11.3 Å². The van der Waals surface area contributed by atoms with Gasteiger partial charge >= 0.3 is 0 Å². The Labute approximate surface area is 154 Å². The van der Waals surface area contributed by atoms with Crippen LogP contribution < -0.4 is 5.32 Å². The number of carbonyl (C=O) groups is 1. The number of piperazine rings is 1. The summed E-state index contributed by atoms with van der Waals surface area (Å²) in [5, 5.41) is 4.27. The van der Waals surface area contributed by atoms with E-state index >= 15 is 0 Å². The van der Waals surface area contributed by atoms with Crippen molar-refractivity contribution in [1.82, 2.24) is 20.1 Å². The summed E-state index contributed by atoms with van der Waals surface area (Å²) >= 11 is 1.78. The van der Waals surface area contributed by atoms with Crippen LogP contribution in [0.1, 0.15) is 25.8 Å². The highest BCUT2D eigenvalue weighted by molar-refractivity contribution is 7.18. The third-order valence-corrected chi connectivity index (χ3v) is 5.94. The second kappa shape index (κ2) is 8.25. The number of amides is 1. The Morgan fingerprint density at radius 1 is 1.16 bits per heavy atom. The standard InChI is InChI=1S/C19H28N4OS/c1-14(2)15(3)20-18(24)12-22-8-10-23(11-9-22)13-19-21-16-6-4-5-7-17(16)25-19/h4-7,14-15H,8-13H2,1-3H3,(H,20,24)/t15-/m0/s1. The molecule has 0 aliphatic carbocycles. The molecule has 2 aromatic rings. The van der Waals surface area contributed by atoms with Crippen LogP contribution in [0.5, 0.6) is 0 Å². The average molecular weight is 361 g/mol. The predicted molar refractivity (Wildman–Crippen MR) is 104 cm³/mol. The van der Waals surface area contributed by atoms with Gasteiger partial charge in [0.15, 0.2) is 0 Å². The van der Waals surface area contributed by atoms with Crippen molar-refractivity contribution in [1.29, 1.82) is 0 Å². The van der Waals surface area contributed by atoms with Gasteiger partial charge in [-0.3, -0.25) is 14.6 Å². The van der Waals surface area contributed by atoms with Crippen LogP contribution in [0.3, 0.4) is 0 Å². The lowest BCUT2D eigenvalue weighted by molar-refractivity contribution is -0.123. The molecule has 1 fully saturated rings. The van der Waals surface area contributed by atoms with E-state index in [9.17, 15) is 4.79 Å². The van der Waals surface area contributed by atoms with Gasteiger partial charge in [0, 0.05) is 32.2 Å². The molecule has 0 saturated carbocycles. The van der Waals surface area contributed by atoms with E-state index in [1.807, 2.05) is 6.07 Å². The number of para-hydroxylation sites is 1. The molecule has 6 heteroatoms. The van der Waals surface area contributed by atoms with Crippen LogP contribution in [0.2, 0.25) is 0 Å². The van der Waals surface area contributed by atoms with Gasteiger partial charge in [0.1, 0.15) is 5.01 Å². The number of nitrogens with zero attached hydrogens (tertiary/aromatic N) is 3. The summed E-state index contributed by atoms with van der Waals surface area (Å²) in [4.78, 5) is 21.5. The molecule has 0 bridgehead atoms. The zero-order chi connectivity index (χ0) is 17.8. The molecule has 1 aromatic carbocycles. The molecule has 136 valence electrons. The minimum Gasteiger partial charge on any atom is -0.352 e. The van der Waals surface area contributed by atoms with E-state index in [-0.39, 0.29) is 11.9 Å². The molecule has 1 aromatic heterocycles. The molecule has 2 heterocycles. The van der Waals surface area contributed by atoms with Crippen molar-refractivity contribution in [3.63, 3.8) is 0 Å². The van der Waals surface area contributed by atoms with Gasteiger partial charge in [0.25, 0.3) is 0 Å². The van der Waals surface area contributed by atoms with Crippen LogP contribution >= 0.6 is 11.3 Å². The molecule has 1 atom stereocenters. The fourth-order valence-corrected chi connectivity index (χ4v) is 3.96. The molecule has 0 spiro atoms. The lowest BCUT2D eigenvalue weighted by atomic mass is 10.1. The van der Waals surface area contributed by atoms with E-state index in [4.69, 9.17) is 4.98 Å². The van der Waals surface area contributed by atoms with Crippen molar-refractivity contribution in [2.45, 2.75) is 33.4 Å². The summed E-state index contributed by atoms with van der Waals surface area (Å²) in [7, 11) is 0. The molecule has 1 aliphatic rings. The Balaban J connectivity index is 1.44. The fourth-order valence-electron chi connectivity index (χ4n) is 2.95. The third kappa shape index (κ3) is 5.00. The summed E-state index contributed by atoms with van der Waals surface area (Å²) < 4.78 is 1.26. The van der Waals surface area contributed by atoms with Crippen molar-refractivity contribution in [2.75, 3.05) is 32.7 Å². The maximum atomic E-state index is 12.1. The fraction of sp³-hybridized carbons (Fsp3) is 0.579. The van der Waals surface area contributed by atoms with Crippen LogP contribution in [0.25, 0.3) is 10.2 Å². The second-order valence-electron chi connectivity index (χ2n) is 7.23. The topological polar surface area (TPSA) is 48.5 Å². The van der Waals surface area contributed by atoms with Crippen LogP contribution in [0.4, 0.5) is 0 Å². The molecule has 0 radical (unpaired) electrons. The van der Waals surface area contributed by atoms with Crippen molar-refractivity contribution >= 4 is 27.5 Å². The van der Waals surface area contributed by atoms with Crippen molar-refractivity contribution in [2.24, 2.45) is 5.92 Å². The first-order chi connectivity index (χ1) is 12.0. The Hall–Kier alpha value is -1.50. The van der Waals surface area contributed by atoms with E-state index in [2.05, 4.69) is 54.1 Å². The van der Waals surface area contributed by atoms with Crippen molar-refractivity contribution in [3.8, 4) is 0 Å². The normalized spacial score (nSPS) is 17.9. The Morgan fingerprint density at radius 2 is 1.84 bits per heavy atom. The molecule has 5 nitrogen and oxygen atoms in total. The van der Waals surface area contributed by atoms with Gasteiger partial charge in [0.2, 0.25) is 5.91 Å². The Kier molecular flexibility index (Phi) is 6.04. The smallest absolute Gasteiger partial charge is 0.234 e. The van der Waals surface area contributed by atoms with E-state index in [0.29, 0.717) is 12.5 Å². The first kappa shape index (κ1) is 18.3. The molecular weight excluding hydrogens is 332 g/mol. The first-order valence-corrected chi connectivity index (χ1v) is 9.91. The minimum atomic E-state index is 0.140. The van der Waals surface area contributed by atoms with Crippen LogP contribution in [0.15, 0.2) is 24.3 Å². The van der Waals surface area contributed by atoms with Gasteiger partial charge in [-0.15, -0.1) is 11.3 Å². The highest BCUT2D eigenvalue weighted by Gasteiger charge is 2.21. The second-order valence-corrected chi connectivity index (χ2v) is 8.34. The highest BCUT2D eigenvalue weighted by Crippen LogP contribution is 2.22. The number of hydrogen-bond acceptors (Lipinski definition) is 5. The summed E-state index contributed by atoms with van der Waals surface area (Å²) in [6.07, 6.45) is 0. The highest BCUT2D eigenvalue weighted by atomic mass is 32.1. The van der Waals surface area contributed by atoms with E-state index in [1.54, 1.807) is 11.3 Å². The number of benzene rings is 1. The molecule has 1 saturated heterocycles. The first-order valence-electron chi connectivity index (χ1n) is 9.10. The van der Waals surface area contributed by atoms with Gasteiger partial charge in [-0.2, -0.15) is 0 Å². The summed E-state index contributed by atoms with van der Waals surface area (Å²) in [6.45, 7) is 11.6. The Morgan fingerprint density at radius 3 is 2.52 bits per heavy atom. The summed E-state index contributed by atoms with van der Waals surface area (Å²) in [5.41, 5.74) is 1.09. The minimum absolute atomic E-state index is 0.140. The van der Waals surface area contributed by atoms with Gasteiger partial charge in [-0.25, -0.2) is 4.98 Å². The number of aromatic nitrogens is 1. The van der Waals surface area contributed by atoms with Crippen molar-refractivity contribution in [3.05, 3.63) is 29.3 Å². The molecule has 1 amide bonds. The largest absolute Gasteiger partial charge is 0.352 e. The number of rotatable bonds is 6. The maximum Gasteiger partial charge on any atom is 0.234 e. The zero-order valence-corrected chi connectivity index (χ0v) is 16.2. The molecule has 25 heavy (non-hydrogen) atoms. The number of thiazole rings is 1. The van der Waals surface area contributed by atoms with Gasteiger partial charge in [-0.1, -0.05) is 26.0 Å². The number of fused-ring (bicyclic) bond motifs is 1. The monoisotopic (exact) mass is 360 g/mol. The van der Waals surface area contributed by atoms with E-state index in [0.717, 1.165) is 38.2 Å². The molecule has 1 aliphatic heterocycles. The van der Waals surface area contributed by atoms with Gasteiger partial charge in [-0.05, 0) is 25.0 Å². The zero-order valence-electron chi connectivity index (χ0n) is 15.4. The molecule has 0 unspecified atom stereocenters. The van der Waals surface area contributed by atoms with E-state index in [1.165, 1.54) is 9.71 Å². The summed E-state index contributed by atoms with van der Waals surface area (Å²) in [6, 6.07) is 8.53. The third-order valence-electron chi connectivity index (χ3n) is 4.92. The summed E-state index contributed by atoms with van der Waals surface area (Å²) in [5.74, 6) is 0.607. The maximum absolute atomic E-state index is 12.1. The van der Waals surface area contributed by atoms with Gasteiger partial charge in [0.05, 0.1) is 23.3 Å². The van der Waals surface area contributed by atoms with Crippen molar-refractivity contribution < 1.29 is 4.79 Å². The van der Waals surface area contributed by atoms with Crippen LogP contribution in [-0.4, -0.2) is 59.5 Å². The number of nitrogens with one attached hydrogen (secondary N) is 1. The molecule has 1 N–H and O–H groups in total. The molecular formula is C19H28N4OS. The average Bonchev–Trinajstić information content (AvgIpc) is 2.98. The quantitative estimate of drug-likeness (QED) is 0.860. The predicted octanol–water partition coefficient (Wildman–Crippen LogP) is 2.57. The number of hydrogen-bond donors (Lipinski definition) is 1. The lowest BCUT2D eigenvalue weighted by Crippen LogP contribution is -2.50. The number of carbonyl (C=O) groups excluding carboxylic acids is 1. The Bertz CT molecular complexity index is 673. The molecule has 3 rings (SSSR count). The van der Waals surface area contributed by atoms with Gasteiger partial charge < -0.3 is 5.32 Å². The lowest BCUT2D eigenvalue weighted by Gasteiger charge is -2.34. The van der Waals surface area contributed by atoms with E-state index < -0.39 is 0 Å². The van der Waals surface area contributed by atoms with Crippen LogP contribution in [0, 0.1) is 5.92 Å². The SMILES string of the molecule is CC(C)[C@H](C)NC(=O)CN1CCN(Cc2nc3ccccc3s2)CC1.